The Labute approximate surface area is 776 Å². The number of nitrogens with zero attached hydrogens (tertiary/aromatic N) is 15. The van der Waals surface area contributed by atoms with E-state index in [1.807, 2.05) is 231 Å². The minimum absolute atomic E-state index is 0.205. The molecule has 7 amide bonds. The van der Waals surface area contributed by atoms with Crippen LogP contribution in [0, 0.1) is 0 Å². The number of aromatic nitrogens is 9. The number of benzene rings is 3. The van der Waals surface area contributed by atoms with E-state index in [-0.39, 0.29) is 54.6 Å². The number of alkyl carbamates (subject to hydrolysis) is 2. The van der Waals surface area contributed by atoms with Crippen molar-refractivity contribution in [3.8, 4) is 0 Å². The molecule has 4 N–H and O–H groups in total. The molecule has 6 aromatic heterocycles. The number of aryl methyl sites for hydroxylation is 3. The minimum atomic E-state index is -0.591. The Balaban J connectivity index is 0.000000166. The van der Waals surface area contributed by atoms with Gasteiger partial charge < -0.3 is 73.4 Å². The minimum Gasteiger partial charge on any atom is -0.447 e. The molecule has 0 saturated carbocycles. The molecule has 130 heavy (non-hydrogen) atoms. The fourth-order valence-corrected chi connectivity index (χ4v) is 17.5. The summed E-state index contributed by atoms with van der Waals surface area (Å²) >= 11 is 19.9. The van der Waals surface area contributed by atoms with Crippen molar-refractivity contribution in [2.45, 2.75) is 182 Å². The monoisotopic (exact) mass is 1830 g/mol. The van der Waals surface area contributed by atoms with Crippen molar-refractivity contribution in [3.63, 3.8) is 0 Å². The first-order valence-corrected chi connectivity index (χ1v) is 45.1. The van der Waals surface area contributed by atoms with Crippen LogP contribution in [0.1, 0.15) is 231 Å². The Morgan fingerprint density at radius 1 is 0.392 bits per heavy atom. The lowest BCUT2D eigenvalue weighted by Gasteiger charge is -2.40. The molecule has 0 spiro atoms. The maximum absolute atomic E-state index is 13.3. The van der Waals surface area contributed by atoms with Gasteiger partial charge in [-0.2, -0.15) is 0 Å². The van der Waals surface area contributed by atoms with Crippen molar-refractivity contribution in [1.82, 2.24) is 94.3 Å². The third kappa shape index (κ3) is 23.5. The Morgan fingerprint density at radius 2 is 0.669 bits per heavy atom. The number of hydrogen-bond donors (Lipinski definition) is 4. The van der Waals surface area contributed by atoms with E-state index in [9.17, 15) is 28.8 Å². The van der Waals surface area contributed by atoms with E-state index in [0.29, 0.717) is 93.6 Å². The molecule has 30 nitrogen and oxygen atoms in total. The second-order valence-electron chi connectivity index (χ2n) is 37.8. The highest BCUT2D eigenvalue weighted by Gasteiger charge is 2.43. The largest absolute Gasteiger partial charge is 0.447 e. The standard InChI is InChI=1S/C33H42ClN7O3.2C32H39ClN6O4/c1-32(2,3)38-30(42)37-28(26-19-35-20-39(26)7)25-17-21-9-8-12-36-27(21)29(23-11-10-22(34)18-24(23)25)40-13-15-41(16-14-40)31(43)44-33(4,5)6;2*1-20(2)42-30(40)36-28(26-18-34-19-37(26)6)25-16-21-8-7-11-35-27(21)29(23-10-9-22(33)17-24(23)25)38-12-14-39(15-13-38)31(41)43-32(3,4)5/h8-12,17-20,28-29H,13-16H2,1-7H3,(H2,37,38,42);2*7-11,16-20,28-29H,12-15H2,1-6H3,(H,36,40)/t3*28?,29-/m000/s1. The van der Waals surface area contributed by atoms with Gasteiger partial charge in [-0.25, -0.2) is 43.7 Å². The number of pyridine rings is 3. The van der Waals surface area contributed by atoms with E-state index in [0.717, 1.165) is 101 Å². The first-order valence-electron chi connectivity index (χ1n) is 44.0. The van der Waals surface area contributed by atoms with Crippen molar-refractivity contribution in [2.75, 3.05) is 78.5 Å². The summed E-state index contributed by atoms with van der Waals surface area (Å²) in [6, 6.07) is 26.8. The molecule has 3 aliphatic carbocycles. The van der Waals surface area contributed by atoms with Gasteiger partial charge in [-0.05, 0) is 250 Å². The van der Waals surface area contributed by atoms with Crippen LogP contribution in [-0.4, -0.2) is 223 Å². The highest BCUT2D eigenvalue weighted by molar-refractivity contribution is 6.31. The summed E-state index contributed by atoms with van der Waals surface area (Å²) in [6.07, 6.45) is 19.5. The lowest BCUT2D eigenvalue weighted by Crippen LogP contribution is -2.51. The fraction of sp³-hybridized carbons (Fsp3) is 0.443. The van der Waals surface area contributed by atoms with Crippen LogP contribution in [0.5, 0.6) is 0 Å². The Kier molecular flexibility index (Phi) is 29.8. The topological polar surface area (TPSA) is 308 Å². The van der Waals surface area contributed by atoms with Gasteiger partial charge >= 0.3 is 36.5 Å². The molecule has 3 saturated heterocycles. The zero-order valence-electron chi connectivity index (χ0n) is 77.5. The second-order valence-corrected chi connectivity index (χ2v) is 39.1. The van der Waals surface area contributed by atoms with E-state index in [1.165, 1.54) is 0 Å². The number of ether oxygens (including phenoxy) is 5. The number of urea groups is 1. The number of hydrogen-bond acceptors (Lipinski definition) is 20. The van der Waals surface area contributed by atoms with Crippen molar-refractivity contribution >= 4 is 106 Å². The molecule has 0 bridgehead atoms. The van der Waals surface area contributed by atoms with Gasteiger partial charge in [-0.3, -0.25) is 29.7 Å². The smallest absolute Gasteiger partial charge is 0.410 e. The average molecular weight is 1830 g/mol. The van der Waals surface area contributed by atoms with Crippen LogP contribution in [0.4, 0.5) is 28.8 Å². The molecule has 9 aromatic rings. The molecule has 9 heterocycles. The van der Waals surface area contributed by atoms with Gasteiger partial charge in [-0.15, -0.1) is 0 Å². The van der Waals surface area contributed by atoms with Crippen molar-refractivity contribution < 1.29 is 52.5 Å². The van der Waals surface area contributed by atoms with Gasteiger partial charge in [0.2, 0.25) is 0 Å². The lowest BCUT2D eigenvalue weighted by atomic mass is 9.90. The predicted molar refractivity (Wildman–Crippen MR) is 503 cm³/mol. The summed E-state index contributed by atoms with van der Waals surface area (Å²) in [5.41, 5.74) is 14.1. The van der Waals surface area contributed by atoms with Gasteiger partial charge in [0.15, 0.2) is 0 Å². The Bertz CT molecular complexity index is 5460. The summed E-state index contributed by atoms with van der Waals surface area (Å²) < 4.78 is 33.6. The van der Waals surface area contributed by atoms with Crippen LogP contribution in [0.2, 0.25) is 15.1 Å². The number of halogens is 3. The third-order valence-electron chi connectivity index (χ3n) is 22.5. The van der Waals surface area contributed by atoms with Crippen LogP contribution < -0.4 is 21.3 Å². The molecular weight excluding hydrogens is 1710 g/mol. The number of carbonyl (C=O) groups excluding carboxylic acids is 6. The molecule has 15 rings (SSSR count). The maximum Gasteiger partial charge on any atom is 0.410 e. The first kappa shape index (κ1) is 95.9. The predicted octanol–water partition coefficient (Wildman–Crippen LogP) is 17.5. The fourth-order valence-electron chi connectivity index (χ4n) is 17.0. The summed E-state index contributed by atoms with van der Waals surface area (Å²) in [5, 5.41) is 14.2. The normalized spacial score (nSPS) is 17.9. The molecular formula is C97H120Cl3N19O11. The molecule has 3 aromatic carbocycles. The molecule has 3 unspecified atom stereocenters. The maximum atomic E-state index is 13.3. The lowest BCUT2D eigenvalue weighted by molar-refractivity contribution is 0.0109. The summed E-state index contributed by atoms with van der Waals surface area (Å²) in [4.78, 5) is 118. The molecule has 6 atom stereocenters. The summed E-state index contributed by atoms with van der Waals surface area (Å²) in [5.74, 6) is 0. The van der Waals surface area contributed by atoms with E-state index in [4.69, 9.17) is 73.4 Å². The van der Waals surface area contributed by atoms with Crippen LogP contribution >= 0.6 is 34.8 Å². The highest BCUT2D eigenvalue weighted by Crippen LogP contribution is 2.49. The molecule has 3 aliphatic heterocycles. The number of nitrogens with one attached hydrogen (secondary N) is 4. The number of imidazole rings is 3. The number of fused-ring (bicyclic) bond motifs is 6. The molecule has 6 aliphatic rings. The van der Waals surface area contributed by atoms with E-state index >= 15 is 0 Å². The number of rotatable bonds is 14. The van der Waals surface area contributed by atoms with Crippen LogP contribution in [-0.2, 0) is 44.8 Å². The van der Waals surface area contributed by atoms with Crippen LogP contribution in [0.15, 0.2) is 147 Å². The van der Waals surface area contributed by atoms with Crippen molar-refractivity contribution in [2.24, 2.45) is 21.1 Å². The molecule has 690 valence electrons. The number of piperazine rings is 3. The highest BCUT2D eigenvalue weighted by atomic mass is 35.5. The van der Waals surface area contributed by atoms with E-state index in [2.05, 4.69) is 81.3 Å². The molecule has 0 radical (unpaired) electrons. The summed E-state index contributed by atoms with van der Waals surface area (Å²) in [7, 11) is 5.70. The first-order chi connectivity index (χ1) is 61.5. The van der Waals surface area contributed by atoms with Crippen molar-refractivity contribution in [3.05, 3.63) is 246 Å². The van der Waals surface area contributed by atoms with Gasteiger partial charge in [-0.1, -0.05) is 71.2 Å². The average Bonchev–Trinajstić information content (AvgIpc) is 1.60. The van der Waals surface area contributed by atoms with Gasteiger partial charge in [0.05, 0.1) is 120 Å². The summed E-state index contributed by atoms with van der Waals surface area (Å²) in [6.45, 7) is 36.9. The van der Waals surface area contributed by atoms with E-state index in [1.54, 1.807) is 64.7 Å². The van der Waals surface area contributed by atoms with Gasteiger partial charge in [0.25, 0.3) is 0 Å². The zero-order valence-corrected chi connectivity index (χ0v) is 79.8. The second kappa shape index (κ2) is 40.4. The number of amides is 7. The number of carbonyl (C=O) groups is 6. The van der Waals surface area contributed by atoms with Gasteiger partial charge in [0.1, 0.15) is 16.8 Å². The quantitative estimate of drug-likeness (QED) is 0.0735. The SMILES string of the molecule is CC(C)OC(=O)NC(C1=Cc2cccnc2[C@@H](N2CCN(C(=O)OC(C)(C)C)CC2)c2ccc(Cl)cc21)c1cncn1C.CC(C)OC(=O)NC(C1=Cc2cccnc2[C@@H](N2CCN(C(=O)OC(C)(C)C)CC2)c2ccc(Cl)cc21)c1cncn1C.Cn1cncc1C(NC(=O)NC(C)(C)C)C1=Cc2cccnc2[C@@H](N2CCN(C(=O)OC(C)(C)C)CC2)c2ccc(Cl)cc21. The van der Waals surface area contributed by atoms with Crippen LogP contribution in [0.3, 0.4) is 0 Å². The molecule has 33 heteroatoms. The van der Waals surface area contributed by atoms with E-state index < -0.39 is 52.7 Å². The Hall–Kier alpha value is -11.7. The van der Waals surface area contributed by atoms with Gasteiger partial charge in [0, 0.05) is 139 Å². The van der Waals surface area contributed by atoms with Crippen molar-refractivity contribution in [1.29, 1.82) is 0 Å². The zero-order chi connectivity index (χ0) is 93.6. The third-order valence-corrected chi connectivity index (χ3v) is 23.2. The molecule has 3 fully saturated rings. The Morgan fingerprint density at radius 3 is 0.915 bits per heavy atom. The van der Waals surface area contributed by atoms with Crippen LogP contribution in [0.25, 0.3) is 34.9 Å².